The standard InChI is InChI=1S/C12H18N2/c1-10-9-13-8-7-12(10)14-11-5-3-2-4-6-11/h2-6,10,12-14H,7-9H2,1H3. The highest BCUT2D eigenvalue weighted by Gasteiger charge is 2.20. The van der Waals surface area contributed by atoms with Crippen molar-refractivity contribution in [1.82, 2.24) is 5.32 Å². The fourth-order valence-corrected chi connectivity index (χ4v) is 1.98. The molecule has 1 aliphatic heterocycles. The Morgan fingerprint density at radius 1 is 1.29 bits per heavy atom. The summed E-state index contributed by atoms with van der Waals surface area (Å²) in [6.45, 7) is 4.56. The highest BCUT2D eigenvalue weighted by Crippen LogP contribution is 2.16. The van der Waals surface area contributed by atoms with E-state index in [1.165, 1.54) is 12.1 Å². The average molecular weight is 190 g/mol. The van der Waals surface area contributed by atoms with Crippen LogP contribution in [0, 0.1) is 5.92 Å². The molecule has 1 aromatic carbocycles. The summed E-state index contributed by atoms with van der Waals surface area (Å²) in [5.41, 5.74) is 1.24. The van der Waals surface area contributed by atoms with Crippen molar-refractivity contribution in [2.24, 2.45) is 5.92 Å². The number of benzene rings is 1. The molecule has 1 saturated heterocycles. The van der Waals surface area contributed by atoms with E-state index < -0.39 is 0 Å². The number of nitrogens with one attached hydrogen (secondary N) is 2. The van der Waals surface area contributed by atoms with Crippen molar-refractivity contribution in [3.8, 4) is 0 Å². The molecule has 1 aromatic rings. The average Bonchev–Trinajstić information content (AvgIpc) is 2.23. The first kappa shape index (κ1) is 9.53. The van der Waals surface area contributed by atoms with Gasteiger partial charge in [0.25, 0.3) is 0 Å². The smallest absolute Gasteiger partial charge is 0.0342 e. The van der Waals surface area contributed by atoms with Gasteiger partial charge in [0.05, 0.1) is 0 Å². The van der Waals surface area contributed by atoms with Gasteiger partial charge in [-0.2, -0.15) is 0 Å². The minimum absolute atomic E-state index is 0.624. The van der Waals surface area contributed by atoms with Crippen LogP contribution in [0.4, 0.5) is 5.69 Å². The second kappa shape index (κ2) is 4.47. The Balaban J connectivity index is 1.96. The van der Waals surface area contributed by atoms with Gasteiger partial charge in [-0.25, -0.2) is 0 Å². The summed E-state index contributed by atoms with van der Waals surface area (Å²) in [6.07, 6.45) is 1.22. The largest absolute Gasteiger partial charge is 0.382 e. The zero-order chi connectivity index (χ0) is 9.80. The van der Waals surface area contributed by atoms with E-state index in [-0.39, 0.29) is 0 Å². The van der Waals surface area contributed by atoms with Gasteiger partial charge >= 0.3 is 0 Å². The maximum atomic E-state index is 3.59. The molecule has 0 radical (unpaired) electrons. The Morgan fingerprint density at radius 3 is 2.79 bits per heavy atom. The topological polar surface area (TPSA) is 24.1 Å². The van der Waals surface area contributed by atoms with Crippen molar-refractivity contribution in [3.05, 3.63) is 30.3 Å². The fourth-order valence-electron chi connectivity index (χ4n) is 1.98. The molecule has 2 unspecified atom stereocenters. The van der Waals surface area contributed by atoms with E-state index in [0.717, 1.165) is 13.1 Å². The van der Waals surface area contributed by atoms with Gasteiger partial charge in [-0.15, -0.1) is 0 Å². The monoisotopic (exact) mass is 190 g/mol. The Morgan fingerprint density at radius 2 is 2.07 bits per heavy atom. The number of hydrogen-bond acceptors (Lipinski definition) is 2. The van der Waals surface area contributed by atoms with E-state index in [4.69, 9.17) is 0 Å². The predicted molar refractivity (Wildman–Crippen MR) is 60.5 cm³/mol. The highest BCUT2D eigenvalue weighted by atomic mass is 15.0. The number of hydrogen-bond donors (Lipinski definition) is 2. The zero-order valence-corrected chi connectivity index (χ0v) is 8.66. The molecule has 0 bridgehead atoms. The zero-order valence-electron chi connectivity index (χ0n) is 8.66. The molecule has 0 amide bonds. The van der Waals surface area contributed by atoms with Crippen LogP contribution in [0.25, 0.3) is 0 Å². The second-order valence-electron chi connectivity index (χ2n) is 4.09. The van der Waals surface area contributed by atoms with Crippen LogP contribution in [-0.2, 0) is 0 Å². The Labute approximate surface area is 85.7 Å². The fraction of sp³-hybridized carbons (Fsp3) is 0.500. The second-order valence-corrected chi connectivity index (χ2v) is 4.09. The molecule has 0 spiro atoms. The molecule has 0 aliphatic carbocycles. The summed E-state index contributed by atoms with van der Waals surface area (Å²) >= 11 is 0. The molecule has 2 rings (SSSR count). The van der Waals surface area contributed by atoms with E-state index in [0.29, 0.717) is 12.0 Å². The van der Waals surface area contributed by atoms with Crippen molar-refractivity contribution in [1.29, 1.82) is 0 Å². The lowest BCUT2D eigenvalue weighted by Crippen LogP contribution is -2.42. The number of para-hydroxylation sites is 1. The summed E-state index contributed by atoms with van der Waals surface area (Å²) in [6, 6.07) is 11.1. The number of rotatable bonds is 2. The molecule has 2 nitrogen and oxygen atoms in total. The summed E-state index contributed by atoms with van der Waals surface area (Å²) in [4.78, 5) is 0. The molecular weight excluding hydrogens is 172 g/mol. The van der Waals surface area contributed by atoms with Crippen molar-refractivity contribution in [2.45, 2.75) is 19.4 Å². The lowest BCUT2D eigenvalue weighted by atomic mass is 9.95. The van der Waals surface area contributed by atoms with Crippen LogP contribution >= 0.6 is 0 Å². The summed E-state index contributed by atoms with van der Waals surface area (Å²) in [5, 5.41) is 7.00. The van der Waals surface area contributed by atoms with Gasteiger partial charge < -0.3 is 10.6 Å². The maximum Gasteiger partial charge on any atom is 0.0342 e. The van der Waals surface area contributed by atoms with E-state index in [1.807, 2.05) is 0 Å². The molecule has 1 aliphatic rings. The SMILES string of the molecule is CC1CNCCC1Nc1ccccc1. The minimum Gasteiger partial charge on any atom is -0.382 e. The quantitative estimate of drug-likeness (QED) is 0.746. The molecule has 1 heterocycles. The Bertz CT molecular complexity index is 271. The van der Waals surface area contributed by atoms with Crippen molar-refractivity contribution in [2.75, 3.05) is 18.4 Å². The van der Waals surface area contributed by atoms with Gasteiger partial charge in [-0.3, -0.25) is 0 Å². The van der Waals surface area contributed by atoms with E-state index >= 15 is 0 Å². The predicted octanol–water partition coefficient (Wildman–Crippen LogP) is 2.10. The van der Waals surface area contributed by atoms with Gasteiger partial charge in [0.15, 0.2) is 0 Å². The molecule has 2 heteroatoms. The molecule has 14 heavy (non-hydrogen) atoms. The molecule has 2 atom stereocenters. The Hall–Kier alpha value is -1.02. The van der Waals surface area contributed by atoms with Gasteiger partial charge in [0, 0.05) is 11.7 Å². The van der Waals surface area contributed by atoms with Crippen molar-refractivity contribution >= 4 is 5.69 Å². The number of piperidine rings is 1. The van der Waals surface area contributed by atoms with Crippen LogP contribution in [0.3, 0.4) is 0 Å². The molecular formula is C12H18N2. The maximum absolute atomic E-state index is 3.59. The van der Waals surface area contributed by atoms with E-state index in [2.05, 4.69) is 47.9 Å². The van der Waals surface area contributed by atoms with Crippen LogP contribution in [0.5, 0.6) is 0 Å². The van der Waals surface area contributed by atoms with Gasteiger partial charge in [-0.1, -0.05) is 25.1 Å². The van der Waals surface area contributed by atoms with Crippen molar-refractivity contribution in [3.63, 3.8) is 0 Å². The summed E-state index contributed by atoms with van der Waals surface area (Å²) in [5.74, 6) is 0.712. The van der Waals surface area contributed by atoms with Crippen LogP contribution < -0.4 is 10.6 Å². The molecule has 0 aromatic heterocycles. The van der Waals surface area contributed by atoms with E-state index in [9.17, 15) is 0 Å². The van der Waals surface area contributed by atoms with Crippen molar-refractivity contribution < 1.29 is 0 Å². The molecule has 76 valence electrons. The highest BCUT2D eigenvalue weighted by molar-refractivity contribution is 5.43. The third kappa shape index (κ3) is 2.26. The summed E-state index contributed by atoms with van der Waals surface area (Å²) < 4.78 is 0. The number of anilines is 1. The first-order chi connectivity index (χ1) is 6.86. The van der Waals surface area contributed by atoms with Crippen LogP contribution in [0.2, 0.25) is 0 Å². The normalized spacial score (nSPS) is 27.2. The first-order valence-corrected chi connectivity index (χ1v) is 5.38. The van der Waals surface area contributed by atoms with Gasteiger partial charge in [-0.05, 0) is 37.6 Å². The van der Waals surface area contributed by atoms with E-state index in [1.54, 1.807) is 0 Å². The minimum atomic E-state index is 0.624. The molecule has 1 fully saturated rings. The third-order valence-corrected chi connectivity index (χ3v) is 2.91. The van der Waals surface area contributed by atoms with Crippen LogP contribution in [-0.4, -0.2) is 19.1 Å². The third-order valence-electron chi connectivity index (χ3n) is 2.91. The van der Waals surface area contributed by atoms with Crippen LogP contribution in [0.15, 0.2) is 30.3 Å². The van der Waals surface area contributed by atoms with Crippen LogP contribution in [0.1, 0.15) is 13.3 Å². The Kier molecular flexibility index (Phi) is 3.04. The summed E-state index contributed by atoms with van der Waals surface area (Å²) in [7, 11) is 0. The first-order valence-electron chi connectivity index (χ1n) is 5.38. The lowest BCUT2D eigenvalue weighted by molar-refractivity contribution is 0.368. The lowest BCUT2D eigenvalue weighted by Gasteiger charge is -2.31. The molecule has 0 saturated carbocycles. The molecule has 2 N–H and O–H groups in total. The van der Waals surface area contributed by atoms with Gasteiger partial charge in [0.2, 0.25) is 0 Å². The van der Waals surface area contributed by atoms with Gasteiger partial charge in [0.1, 0.15) is 0 Å².